The predicted molar refractivity (Wildman–Crippen MR) is 140 cm³/mol. The van der Waals surface area contributed by atoms with Crippen molar-refractivity contribution in [2.24, 2.45) is 11.8 Å². The second-order valence-corrected chi connectivity index (χ2v) is 11.3. The van der Waals surface area contributed by atoms with E-state index in [0.29, 0.717) is 19.4 Å². The van der Waals surface area contributed by atoms with Gasteiger partial charge in [-0.05, 0) is 46.5 Å². The average molecular weight is 560 g/mol. The van der Waals surface area contributed by atoms with Crippen LogP contribution in [0, 0.1) is 11.8 Å². The molecule has 0 aromatic rings. The Labute approximate surface area is 228 Å². The van der Waals surface area contributed by atoms with Gasteiger partial charge in [-0.25, -0.2) is 4.79 Å². The second-order valence-electron chi connectivity index (χ2n) is 11.1. The zero-order valence-corrected chi connectivity index (χ0v) is 23.4. The molecule has 5 N–H and O–H groups in total. The van der Waals surface area contributed by atoms with Crippen LogP contribution in [0.4, 0.5) is 4.79 Å². The molecule has 2 rings (SSSR count). The molecule has 1 aliphatic heterocycles. The van der Waals surface area contributed by atoms with E-state index in [1.165, 1.54) is 0 Å². The summed E-state index contributed by atoms with van der Waals surface area (Å²) in [7, 11) is 0. The number of carbonyl (C=O) groups excluding carboxylic acids is 4. The summed E-state index contributed by atoms with van der Waals surface area (Å²) in [6, 6.07) is -2.33. The lowest BCUT2D eigenvalue weighted by Crippen LogP contribution is -2.60. The molecule has 1 saturated heterocycles. The molecule has 0 aromatic carbocycles. The van der Waals surface area contributed by atoms with Crippen molar-refractivity contribution in [3.63, 3.8) is 0 Å². The van der Waals surface area contributed by atoms with Crippen LogP contribution in [0.3, 0.4) is 0 Å². The highest BCUT2D eigenvalue weighted by Gasteiger charge is 2.36. The Hall–Kier alpha value is -2.60. The molecule has 4 unspecified atom stereocenters. The molecular weight excluding hydrogens is 518 g/mol. The first-order valence-corrected chi connectivity index (χ1v) is 13.8. The number of alkyl halides is 1. The van der Waals surface area contributed by atoms with Crippen LogP contribution in [0.25, 0.3) is 0 Å². The number of hydrazine groups is 1. The van der Waals surface area contributed by atoms with E-state index in [0.717, 1.165) is 37.1 Å². The largest absolute Gasteiger partial charge is 0.465 e. The minimum atomic E-state index is -1.41. The van der Waals surface area contributed by atoms with E-state index in [-0.39, 0.29) is 18.4 Å². The number of ether oxygens (including phenoxy) is 1. The minimum Gasteiger partial charge on any atom is -0.465 e. The lowest BCUT2D eigenvalue weighted by molar-refractivity contribution is -0.143. The van der Waals surface area contributed by atoms with Gasteiger partial charge in [0.2, 0.25) is 11.8 Å². The summed E-state index contributed by atoms with van der Waals surface area (Å²) in [4.78, 5) is 62.8. The lowest BCUT2D eigenvalue weighted by Gasteiger charge is -2.33. The van der Waals surface area contributed by atoms with Gasteiger partial charge in [0.25, 0.3) is 11.8 Å². The molecule has 216 valence electrons. The van der Waals surface area contributed by atoms with Gasteiger partial charge in [0.15, 0.2) is 0 Å². The fraction of sp³-hybridized carbons (Fsp3) is 0.800. The van der Waals surface area contributed by atoms with Crippen LogP contribution in [-0.4, -0.2) is 82.6 Å². The molecule has 1 saturated carbocycles. The third-order valence-corrected chi connectivity index (χ3v) is 6.95. The zero-order chi connectivity index (χ0) is 28.5. The first-order chi connectivity index (χ1) is 17.8. The van der Waals surface area contributed by atoms with E-state index >= 15 is 0 Å². The van der Waals surface area contributed by atoms with Gasteiger partial charge in [-0.15, -0.1) is 11.6 Å². The van der Waals surface area contributed by atoms with Crippen LogP contribution in [0.1, 0.15) is 72.6 Å². The highest BCUT2D eigenvalue weighted by molar-refractivity contribution is 6.27. The van der Waals surface area contributed by atoms with E-state index in [9.17, 15) is 29.1 Å². The molecule has 4 atom stereocenters. The quantitative estimate of drug-likeness (QED) is 0.189. The standard InChI is InChI=1S/C25H42ClN5O7/c1-15(38-25(2,3)4)20(29-24(36)37)23(35)28-18(12-16-8-6-5-7-9-16)22(34)30-31(19(32)13-26)14-17-10-11-27-21(17)33/h15-18,20,29H,5-14H2,1-4H3,(H,27,33)(H,28,35)(H,30,34)(H,36,37). The summed E-state index contributed by atoms with van der Waals surface area (Å²) in [6.45, 7) is 7.36. The molecule has 12 nitrogen and oxygen atoms in total. The van der Waals surface area contributed by atoms with E-state index in [4.69, 9.17) is 16.3 Å². The Kier molecular flexibility index (Phi) is 12.1. The van der Waals surface area contributed by atoms with E-state index in [1.54, 1.807) is 27.7 Å². The van der Waals surface area contributed by atoms with Gasteiger partial charge in [0, 0.05) is 6.54 Å². The zero-order valence-electron chi connectivity index (χ0n) is 22.7. The summed E-state index contributed by atoms with van der Waals surface area (Å²) in [5.74, 6) is -2.88. The topological polar surface area (TPSA) is 166 Å². The minimum absolute atomic E-state index is 0.0487. The number of amides is 5. The summed E-state index contributed by atoms with van der Waals surface area (Å²) in [5.41, 5.74) is 1.91. The molecule has 5 amide bonds. The number of hydrogen-bond donors (Lipinski definition) is 5. The normalized spacial score (nSPS) is 20.6. The number of rotatable bonds is 11. The van der Waals surface area contributed by atoms with Crippen LogP contribution in [0.15, 0.2) is 0 Å². The second kappa shape index (κ2) is 14.5. The third kappa shape index (κ3) is 10.3. The Morgan fingerprint density at radius 1 is 1.11 bits per heavy atom. The third-order valence-electron chi connectivity index (χ3n) is 6.72. The number of carboxylic acid groups (broad SMARTS) is 1. The number of halogens is 1. The van der Waals surface area contributed by atoms with Crippen molar-refractivity contribution in [1.29, 1.82) is 0 Å². The fourth-order valence-electron chi connectivity index (χ4n) is 4.94. The number of carbonyl (C=O) groups is 5. The maximum absolute atomic E-state index is 13.5. The summed E-state index contributed by atoms with van der Waals surface area (Å²) in [5, 5.41) is 17.9. The molecule has 0 aromatic heterocycles. The van der Waals surface area contributed by atoms with E-state index in [2.05, 4.69) is 21.4 Å². The fourth-order valence-corrected chi connectivity index (χ4v) is 5.08. The van der Waals surface area contributed by atoms with Gasteiger partial charge in [-0.1, -0.05) is 32.1 Å². The van der Waals surface area contributed by atoms with Gasteiger partial charge in [-0.2, -0.15) is 0 Å². The SMILES string of the molecule is CC(OC(C)(C)C)C(NC(=O)O)C(=O)NC(CC1CCCCC1)C(=O)NN(CC1CCNC1=O)C(=O)CCl. The molecular formula is C25H42ClN5O7. The average Bonchev–Trinajstić information content (AvgIpc) is 3.24. The smallest absolute Gasteiger partial charge is 0.405 e. The maximum Gasteiger partial charge on any atom is 0.405 e. The summed E-state index contributed by atoms with van der Waals surface area (Å²) >= 11 is 5.76. The Morgan fingerprint density at radius 3 is 2.29 bits per heavy atom. The number of nitrogens with one attached hydrogen (secondary N) is 4. The maximum atomic E-state index is 13.5. The molecule has 2 fully saturated rings. The molecule has 13 heteroatoms. The van der Waals surface area contributed by atoms with Crippen LogP contribution in [-0.2, 0) is 23.9 Å². The molecule has 1 heterocycles. The summed E-state index contributed by atoms with van der Waals surface area (Å²) < 4.78 is 5.82. The van der Waals surface area contributed by atoms with E-state index < -0.39 is 59.4 Å². The molecule has 0 bridgehead atoms. The van der Waals surface area contributed by atoms with Gasteiger partial charge >= 0.3 is 6.09 Å². The molecule has 0 radical (unpaired) electrons. The van der Waals surface area contributed by atoms with Crippen LogP contribution < -0.4 is 21.4 Å². The first-order valence-electron chi connectivity index (χ1n) is 13.2. The van der Waals surface area contributed by atoms with Crippen molar-refractivity contribution in [3.05, 3.63) is 0 Å². The summed E-state index contributed by atoms with van der Waals surface area (Å²) in [6.07, 6.45) is 3.51. The Bertz CT molecular complexity index is 860. The van der Waals surface area contributed by atoms with Crippen LogP contribution >= 0.6 is 11.6 Å². The monoisotopic (exact) mass is 559 g/mol. The highest BCUT2D eigenvalue weighted by Crippen LogP contribution is 2.27. The predicted octanol–water partition coefficient (Wildman–Crippen LogP) is 1.52. The Morgan fingerprint density at radius 2 is 1.76 bits per heavy atom. The lowest BCUT2D eigenvalue weighted by atomic mass is 9.84. The number of nitrogens with zero attached hydrogens (tertiary/aromatic N) is 1. The molecule has 1 aliphatic carbocycles. The van der Waals surface area contributed by atoms with Gasteiger partial charge in [-0.3, -0.25) is 29.6 Å². The van der Waals surface area contributed by atoms with Gasteiger partial charge < -0.3 is 25.8 Å². The Balaban J connectivity index is 2.23. The molecule has 2 aliphatic rings. The molecule has 38 heavy (non-hydrogen) atoms. The van der Waals surface area contributed by atoms with Crippen molar-refractivity contribution >= 4 is 41.3 Å². The van der Waals surface area contributed by atoms with Crippen LogP contribution in [0.2, 0.25) is 0 Å². The number of hydrogen-bond acceptors (Lipinski definition) is 6. The van der Waals surface area contributed by atoms with Crippen molar-refractivity contribution in [3.8, 4) is 0 Å². The van der Waals surface area contributed by atoms with E-state index in [1.807, 2.05) is 0 Å². The molecule has 0 spiro atoms. The van der Waals surface area contributed by atoms with Crippen molar-refractivity contribution in [1.82, 2.24) is 26.4 Å². The van der Waals surface area contributed by atoms with Crippen molar-refractivity contribution in [2.45, 2.75) is 96.4 Å². The highest BCUT2D eigenvalue weighted by atomic mass is 35.5. The first kappa shape index (κ1) is 31.6. The van der Waals surface area contributed by atoms with Crippen molar-refractivity contribution in [2.75, 3.05) is 19.0 Å². The van der Waals surface area contributed by atoms with Gasteiger partial charge in [0.05, 0.1) is 24.2 Å². The van der Waals surface area contributed by atoms with Gasteiger partial charge in [0.1, 0.15) is 18.0 Å². The van der Waals surface area contributed by atoms with Crippen molar-refractivity contribution < 1.29 is 33.8 Å². The van der Waals surface area contributed by atoms with Crippen LogP contribution in [0.5, 0.6) is 0 Å².